The van der Waals surface area contributed by atoms with Crippen molar-refractivity contribution in [3.8, 4) is 0 Å². The number of nitrogens with one attached hydrogen (secondary N) is 1. The second-order valence-corrected chi connectivity index (χ2v) is 4.40. The van der Waals surface area contributed by atoms with Gasteiger partial charge in [0.25, 0.3) is 0 Å². The number of rotatable bonds is 8. The molecule has 110 valence electrons. The van der Waals surface area contributed by atoms with Crippen LogP contribution >= 0.6 is 0 Å². The van der Waals surface area contributed by atoms with E-state index in [1.54, 1.807) is 24.3 Å². The van der Waals surface area contributed by atoms with Crippen LogP contribution < -0.4 is 5.32 Å². The van der Waals surface area contributed by atoms with Crippen molar-refractivity contribution >= 4 is 17.6 Å². The Balaban J connectivity index is 2.45. The van der Waals surface area contributed by atoms with E-state index < -0.39 is 0 Å². The third kappa shape index (κ3) is 5.84. The molecule has 1 N–H and O–H groups in total. The Bertz CT molecular complexity index is 428. The van der Waals surface area contributed by atoms with E-state index >= 15 is 0 Å². The van der Waals surface area contributed by atoms with Gasteiger partial charge in [0.1, 0.15) is 6.61 Å². The molecule has 0 saturated heterocycles. The molecule has 0 unspecified atom stereocenters. The van der Waals surface area contributed by atoms with E-state index in [1.165, 1.54) is 7.11 Å². The summed E-state index contributed by atoms with van der Waals surface area (Å²) in [5.74, 6) is -0.571. The van der Waals surface area contributed by atoms with Crippen LogP contribution in [0.3, 0.4) is 0 Å². The Hall–Kier alpha value is -1.88. The fraction of sp³-hybridized carbons (Fsp3) is 0.467. The van der Waals surface area contributed by atoms with Crippen molar-refractivity contribution in [2.45, 2.75) is 26.2 Å². The van der Waals surface area contributed by atoms with Gasteiger partial charge >= 0.3 is 5.97 Å². The van der Waals surface area contributed by atoms with Gasteiger partial charge in [-0.25, -0.2) is 4.79 Å². The minimum atomic E-state index is -0.337. The molecule has 0 heterocycles. The summed E-state index contributed by atoms with van der Waals surface area (Å²) in [7, 11) is 1.46. The van der Waals surface area contributed by atoms with Crippen LogP contribution in [0, 0.1) is 0 Å². The number of hydrogen-bond donors (Lipinski definition) is 1. The molecule has 1 rings (SSSR count). The van der Waals surface area contributed by atoms with Crippen LogP contribution in [-0.4, -0.2) is 32.2 Å². The lowest BCUT2D eigenvalue weighted by atomic mass is 10.2. The lowest BCUT2D eigenvalue weighted by Crippen LogP contribution is -2.17. The van der Waals surface area contributed by atoms with Gasteiger partial charge in [0, 0.05) is 12.8 Å². The molecule has 0 atom stereocenters. The summed E-state index contributed by atoms with van der Waals surface area (Å²) in [6.07, 6.45) is 3.03. The van der Waals surface area contributed by atoms with Crippen LogP contribution in [0.2, 0.25) is 0 Å². The molecule has 0 aliphatic carbocycles. The van der Waals surface area contributed by atoms with Crippen molar-refractivity contribution in [1.29, 1.82) is 0 Å². The summed E-state index contributed by atoms with van der Waals surface area (Å²) in [4.78, 5) is 23.0. The van der Waals surface area contributed by atoms with Crippen molar-refractivity contribution < 1.29 is 19.1 Å². The molecule has 0 aliphatic rings. The first-order valence-corrected chi connectivity index (χ1v) is 6.73. The fourth-order valence-corrected chi connectivity index (χ4v) is 1.62. The number of methoxy groups -OCH3 is 1. The highest BCUT2D eigenvalue weighted by atomic mass is 16.5. The number of esters is 1. The number of carbonyl (C=O) groups is 2. The summed E-state index contributed by atoms with van der Waals surface area (Å²) in [6.45, 7) is 2.54. The summed E-state index contributed by atoms with van der Waals surface area (Å²) >= 11 is 0. The highest BCUT2D eigenvalue weighted by Crippen LogP contribution is 2.11. The van der Waals surface area contributed by atoms with E-state index in [4.69, 9.17) is 9.47 Å². The van der Waals surface area contributed by atoms with E-state index in [1.807, 2.05) is 0 Å². The first kappa shape index (κ1) is 16.2. The van der Waals surface area contributed by atoms with Crippen LogP contribution in [0.4, 0.5) is 5.69 Å². The minimum absolute atomic E-state index is 0.00121. The van der Waals surface area contributed by atoms with E-state index in [0.717, 1.165) is 19.3 Å². The Kier molecular flexibility index (Phi) is 7.35. The molecule has 0 radical (unpaired) electrons. The number of amides is 1. The van der Waals surface area contributed by atoms with E-state index in [2.05, 4.69) is 12.2 Å². The average Bonchev–Trinajstić information content (AvgIpc) is 2.44. The second kappa shape index (κ2) is 9.09. The minimum Gasteiger partial charge on any atom is -0.462 e. The van der Waals surface area contributed by atoms with Crippen LogP contribution in [0.5, 0.6) is 0 Å². The number of hydrogen-bond acceptors (Lipinski definition) is 4. The lowest BCUT2D eigenvalue weighted by Gasteiger charge is -2.06. The molecule has 0 bridgehead atoms. The number of ether oxygens (including phenoxy) is 2. The first-order chi connectivity index (χ1) is 9.67. The van der Waals surface area contributed by atoms with E-state index in [0.29, 0.717) is 17.9 Å². The Morgan fingerprint density at radius 3 is 2.45 bits per heavy atom. The zero-order valence-electron chi connectivity index (χ0n) is 12.0. The molecule has 5 nitrogen and oxygen atoms in total. The summed E-state index contributed by atoms with van der Waals surface area (Å²) in [6, 6.07) is 6.58. The molecule has 0 aliphatic heterocycles. The maximum atomic E-state index is 11.7. The van der Waals surface area contributed by atoms with Gasteiger partial charge in [-0.1, -0.05) is 19.8 Å². The van der Waals surface area contributed by atoms with Crippen LogP contribution in [0.15, 0.2) is 24.3 Å². The Morgan fingerprint density at radius 1 is 1.15 bits per heavy atom. The Morgan fingerprint density at radius 2 is 1.85 bits per heavy atom. The van der Waals surface area contributed by atoms with E-state index in [-0.39, 0.29) is 18.5 Å². The molecule has 0 fully saturated rings. The normalized spacial score (nSPS) is 10.1. The van der Waals surface area contributed by atoms with Crippen molar-refractivity contribution in [2.24, 2.45) is 0 Å². The lowest BCUT2D eigenvalue weighted by molar-refractivity contribution is -0.119. The maximum absolute atomic E-state index is 11.7. The topological polar surface area (TPSA) is 64.6 Å². The molecule has 0 spiro atoms. The number of benzene rings is 1. The molecular formula is C15H21NO4. The Labute approximate surface area is 119 Å². The fourth-order valence-electron chi connectivity index (χ4n) is 1.62. The van der Waals surface area contributed by atoms with E-state index in [9.17, 15) is 9.59 Å². The van der Waals surface area contributed by atoms with Gasteiger partial charge < -0.3 is 14.8 Å². The van der Waals surface area contributed by atoms with Crippen LogP contribution in [-0.2, 0) is 14.3 Å². The molecule has 1 aromatic carbocycles. The second-order valence-electron chi connectivity index (χ2n) is 4.40. The third-order valence-electron chi connectivity index (χ3n) is 2.66. The van der Waals surface area contributed by atoms with Crippen molar-refractivity contribution in [3.05, 3.63) is 29.8 Å². The van der Waals surface area contributed by atoms with Gasteiger partial charge in [0.05, 0.1) is 12.2 Å². The quantitative estimate of drug-likeness (QED) is 0.587. The van der Waals surface area contributed by atoms with Crippen molar-refractivity contribution in [3.63, 3.8) is 0 Å². The largest absolute Gasteiger partial charge is 0.462 e. The molecule has 1 aromatic rings. The van der Waals surface area contributed by atoms with Crippen LogP contribution in [0.25, 0.3) is 0 Å². The van der Waals surface area contributed by atoms with Gasteiger partial charge in [-0.05, 0) is 30.7 Å². The average molecular weight is 279 g/mol. The van der Waals surface area contributed by atoms with Crippen molar-refractivity contribution in [2.75, 3.05) is 25.6 Å². The van der Waals surface area contributed by atoms with Gasteiger partial charge in [-0.15, -0.1) is 0 Å². The molecule has 1 amide bonds. The predicted molar refractivity (Wildman–Crippen MR) is 76.8 cm³/mol. The van der Waals surface area contributed by atoms with Crippen LogP contribution in [0.1, 0.15) is 36.5 Å². The zero-order chi connectivity index (χ0) is 14.8. The molecular weight excluding hydrogens is 258 g/mol. The third-order valence-corrected chi connectivity index (χ3v) is 2.66. The van der Waals surface area contributed by atoms with Gasteiger partial charge in [-0.3, -0.25) is 4.79 Å². The van der Waals surface area contributed by atoms with Gasteiger partial charge in [0.2, 0.25) is 5.91 Å². The predicted octanol–water partition coefficient (Wildman–Crippen LogP) is 2.62. The van der Waals surface area contributed by atoms with Crippen molar-refractivity contribution in [1.82, 2.24) is 0 Å². The SMILES string of the molecule is CCCCCOC(=O)c1ccc(NC(=O)COC)cc1. The smallest absolute Gasteiger partial charge is 0.338 e. The number of anilines is 1. The molecule has 0 saturated carbocycles. The summed E-state index contributed by atoms with van der Waals surface area (Å²) in [5.41, 5.74) is 1.10. The molecule has 5 heteroatoms. The van der Waals surface area contributed by atoms with Gasteiger partial charge in [0.15, 0.2) is 0 Å². The monoisotopic (exact) mass is 279 g/mol. The first-order valence-electron chi connectivity index (χ1n) is 6.73. The molecule has 0 aromatic heterocycles. The number of carbonyl (C=O) groups excluding carboxylic acids is 2. The zero-order valence-corrected chi connectivity index (χ0v) is 12.0. The van der Waals surface area contributed by atoms with Gasteiger partial charge in [-0.2, -0.15) is 0 Å². The standard InChI is InChI=1S/C15H21NO4/c1-3-4-5-10-20-15(18)12-6-8-13(9-7-12)16-14(17)11-19-2/h6-9H,3-5,10-11H2,1-2H3,(H,16,17). The highest BCUT2D eigenvalue weighted by Gasteiger charge is 2.07. The molecule has 20 heavy (non-hydrogen) atoms. The number of unbranched alkanes of at least 4 members (excludes halogenated alkanes) is 2. The maximum Gasteiger partial charge on any atom is 0.338 e. The summed E-state index contributed by atoms with van der Waals surface area (Å²) < 4.78 is 9.86. The highest BCUT2D eigenvalue weighted by molar-refractivity contribution is 5.93. The summed E-state index contributed by atoms with van der Waals surface area (Å²) in [5, 5.41) is 2.65.